The first-order valence-corrected chi connectivity index (χ1v) is 6.11. The molecule has 0 N–H and O–H groups in total. The van der Waals surface area contributed by atoms with Gasteiger partial charge in [-0.3, -0.25) is 9.88 Å². The topological polar surface area (TPSA) is 16.1 Å². The first-order chi connectivity index (χ1) is 8.42. The number of fused-ring (bicyclic) bond motifs is 1. The van der Waals surface area contributed by atoms with E-state index in [2.05, 4.69) is 46.3 Å². The number of rotatable bonds is 2. The summed E-state index contributed by atoms with van der Waals surface area (Å²) in [6, 6.07) is 14.9. The van der Waals surface area contributed by atoms with Crippen molar-refractivity contribution in [1.82, 2.24) is 9.88 Å². The molecule has 1 aromatic heterocycles. The highest BCUT2D eigenvalue weighted by molar-refractivity contribution is 5.85. The summed E-state index contributed by atoms with van der Waals surface area (Å²) in [5, 5.41) is 0. The number of hydrogen-bond donors (Lipinski definition) is 0. The fourth-order valence-electron chi connectivity index (χ4n) is 2.40. The van der Waals surface area contributed by atoms with Crippen molar-refractivity contribution in [1.29, 1.82) is 0 Å². The van der Waals surface area contributed by atoms with Gasteiger partial charge in [-0.2, -0.15) is 0 Å². The summed E-state index contributed by atoms with van der Waals surface area (Å²) < 4.78 is 0. The van der Waals surface area contributed by atoms with Crippen LogP contribution in [0.25, 0.3) is 0 Å². The Bertz CT molecular complexity index is 503. The third-order valence-electron chi connectivity index (χ3n) is 3.29. The van der Waals surface area contributed by atoms with Crippen LogP contribution in [0.4, 0.5) is 0 Å². The van der Waals surface area contributed by atoms with Crippen molar-refractivity contribution in [3.63, 3.8) is 0 Å². The molecular weight excluding hydrogens is 279 g/mol. The largest absolute Gasteiger partial charge is 0.294 e. The van der Waals surface area contributed by atoms with E-state index in [0.717, 1.165) is 26.1 Å². The van der Waals surface area contributed by atoms with Gasteiger partial charge in [-0.05, 0) is 17.2 Å². The molecule has 0 bridgehead atoms. The van der Waals surface area contributed by atoms with Crippen LogP contribution in [0.5, 0.6) is 0 Å². The zero-order chi connectivity index (χ0) is 11.5. The summed E-state index contributed by atoms with van der Waals surface area (Å²) in [4.78, 5) is 6.92. The zero-order valence-electron chi connectivity index (χ0n) is 10.7. The highest BCUT2D eigenvalue weighted by Gasteiger charge is 2.16. The molecule has 0 saturated heterocycles. The lowest BCUT2D eigenvalue weighted by Crippen LogP contribution is -2.30. The minimum absolute atomic E-state index is 0. The van der Waals surface area contributed by atoms with Crippen LogP contribution in [-0.4, -0.2) is 16.4 Å². The third-order valence-corrected chi connectivity index (χ3v) is 3.29. The molecule has 2 nitrogen and oxygen atoms in total. The van der Waals surface area contributed by atoms with E-state index in [1.807, 2.05) is 12.3 Å². The second-order valence-corrected chi connectivity index (χ2v) is 4.56. The summed E-state index contributed by atoms with van der Waals surface area (Å²) in [6.07, 6.45) is 2.97. The van der Waals surface area contributed by atoms with Crippen LogP contribution in [0.1, 0.15) is 16.8 Å². The van der Waals surface area contributed by atoms with Crippen molar-refractivity contribution in [3.05, 3.63) is 65.5 Å². The molecule has 1 aliphatic heterocycles. The number of halogens is 2. The molecule has 1 aliphatic rings. The molecule has 0 spiro atoms. The monoisotopic (exact) mass is 296 g/mol. The Labute approximate surface area is 126 Å². The van der Waals surface area contributed by atoms with Gasteiger partial charge in [0.1, 0.15) is 0 Å². The van der Waals surface area contributed by atoms with Gasteiger partial charge in [0, 0.05) is 37.9 Å². The van der Waals surface area contributed by atoms with Crippen molar-refractivity contribution in [2.45, 2.75) is 19.5 Å². The predicted octanol–water partition coefficient (Wildman–Crippen LogP) is 3.48. The fraction of sp³-hybridized carbons (Fsp3) is 0.267. The van der Waals surface area contributed by atoms with E-state index in [-0.39, 0.29) is 24.8 Å². The quantitative estimate of drug-likeness (QED) is 0.843. The second-order valence-electron chi connectivity index (χ2n) is 4.56. The molecule has 2 aromatic rings. The average Bonchev–Trinajstić information content (AvgIpc) is 2.40. The molecule has 2 heterocycles. The Morgan fingerprint density at radius 2 is 1.79 bits per heavy atom. The molecule has 0 atom stereocenters. The van der Waals surface area contributed by atoms with E-state index in [4.69, 9.17) is 0 Å². The smallest absolute Gasteiger partial charge is 0.0461 e. The van der Waals surface area contributed by atoms with Gasteiger partial charge in [0.05, 0.1) is 0 Å². The molecule has 0 unspecified atom stereocenters. The van der Waals surface area contributed by atoms with Gasteiger partial charge in [0.25, 0.3) is 0 Å². The van der Waals surface area contributed by atoms with Crippen LogP contribution in [0.3, 0.4) is 0 Å². The third kappa shape index (κ3) is 3.93. The maximum absolute atomic E-state index is 4.43. The van der Waals surface area contributed by atoms with Gasteiger partial charge in [0.2, 0.25) is 0 Å². The summed E-state index contributed by atoms with van der Waals surface area (Å²) in [5.41, 5.74) is 4.05. The van der Waals surface area contributed by atoms with Crippen LogP contribution < -0.4 is 0 Å². The predicted molar refractivity (Wildman–Crippen MR) is 83.0 cm³/mol. The Balaban J connectivity index is 0.000000902. The first kappa shape index (κ1) is 16.0. The van der Waals surface area contributed by atoms with Gasteiger partial charge in [-0.15, -0.1) is 24.8 Å². The maximum Gasteiger partial charge on any atom is 0.0461 e. The highest BCUT2D eigenvalue weighted by Crippen LogP contribution is 2.18. The van der Waals surface area contributed by atoms with Gasteiger partial charge in [-0.1, -0.05) is 36.4 Å². The van der Waals surface area contributed by atoms with E-state index in [1.165, 1.54) is 16.8 Å². The van der Waals surface area contributed by atoms with Crippen molar-refractivity contribution in [2.75, 3.05) is 6.54 Å². The molecule has 3 rings (SSSR count). The Kier molecular flexibility index (Phi) is 6.29. The molecular formula is C15H18Cl2N2. The van der Waals surface area contributed by atoms with E-state index >= 15 is 0 Å². The van der Waals surface area contributed by atoms with Gasteiger partial charge in [0.15, 0.2) is 0 Å². The maximum atomic E-state index is 4.43. The van der Waals surface area contributed by atoms with E-state index in [0.29, 0.717) is 0 Å². The van der Waals surface area contributed by atoms with Crippen molar-refractivity contribution >= 4 is 24.8 Å². The van der Waals surface area contributed by atoms with Crippen LogP contribution in [0.2, 0.25) is 0 Å². The average molecular weight is 297 g/mol. The second kappa shape index (κ2) is 7.49. The molecule has 102 valence electrons. The van der Waals surface area contributed by atoms with Crippen molar-refractivity contribution in [3.8, 4) is 0 Å². The molecule has 4 heteroatoms. The Hall–Kier alpha value is -1.09. The summed E-state index contributed by atoms with van der Waals surface area (Å²) in [7, 11) is 0. The molecule has 0 saturated carbocycles. The van der Waals surface area contributed by atoms with Gasteiger partial charge < -0.3 is 0 Å². The lowest BCUT2D eigenvalue weighted by Gasteiger charge is -2.27. The molecule has 0 amide bonds. The first-order valence-electron chi connectivity index (χ1n) is 6.11. The van der Waals surface area contributed by atoms with Crippen LogP contribution in [0, 0.1) is 0 Å². The van der Waals surface area contributed by atoms with Gasteiger partial charge in [-0.25, -0.2) is 0 Å². The number of pyridine rings is 1. The molecule has 0 radical (unpaired) electrons. The van der Waals surface area contributed by atoms with E-state index < -0.39 is 0 Å². The van der Waals surface area contributed by atoms with Crippen LogP contribution >= 0.6 is 24.8 Å². The minimum Gasteiger partial charge on any atom is -0.294 e. The summed E-state index contributed by atoms with van der Waals surface area (Å²) in [5.74, 6) is 0. The Morgan fingerprint density at radius 1 is 1.00 bits per heavy atom. The van der Waals surface area contributed by atoms with Crippen molar-refractivity contribution in [2.24, 2.45) is 0 Å². The highest BCUT2D eigenvalue weighted by atomic mass is 35.5. The normalized spacial score (nSPS) is 13.9. The molecule has 0 aliphatic carbocycles. The number of aromatic nitrogens is 1. The molecule has 19 heavy (non-hydrogen) atoms. The van der Waals surface area contributed by atoms with Crippen LogP contribution in [0.15, 0.2) is 48.7 Å². The SMILES string of the molecule is Cl.Cl.c1ccc(CN2CCc3ncccc3C2)cc1. The minimum atomic E-state index is 0. The summed E-state index contributed by atoms with van der Waals surface area (Å²) in [6.45, 7) is 3.17. The zero-order valence-corrected chi connectivity index (χ0v) is 12.3. The molecule has 0 fully saturated rings. The number of nitrogens with zero attached hydrogens (tertiary/aromatic N) is 2. The summed E-state index contributed by atoms with van der Waals surface area (Å²) >= 11 is 0. The van der Waals surface area contributed by atoms with Gasteiger partial charge >= 0.3 is 0 Å². The van der Waals surface area contributed by atoms with Crippen LogP contribution in [-0.2, 0) is 19.5 Å². The Morgan fingerprint density at radius 3 is 2.58 bits per heavy atom. The van der Waals surface area contributed by atoms with Crippen molar-refractivity contribution < 1.29 is 0 Å². The fourth-order valence-corrected chi connectivity index (χ4v) is 2.40. The van der Waals surface area contributed by atoms with E-state index in [1.54, 1.807) is 0 Å². The number of hydrogen-bond acceptors (Lipinski definition) is 2. The standard InChI is InChI=1S/C15H16N2.2ClH/c1-2-5-13(6-3-1)11-17-10-8-15-14(12-17)7-4-9-16-15;;/h1-7,9H,8,10-12H2;2*1H. The number of benzene rings is 1. The lowest BCUT2D eigenvalue weighted by atomic mass is 10.1. The van der Waals surface area contributed by atoms with E-state index in [9.17, 15) is 0 Å². The molecule has 1 aromatic carbocycles. The lowest BCUT2D eigenvalue weighted by molar-refractivity contribution is 0.243.